The summed E-state index contributed by atoms with van der Waals surface area (Å²) < 4.78 is 2.04. The highest BCUT2D eigenvalue weighted by Crippen LogP contribution is 2.24. The van der Waals surface area contributed by atoms with Crippen LogP contribution in [0.15, 0.2) is 24.3 Å². The molecule has 1 heterocycles. The Hall–Kier alpha value is -1.68. The summed E-state index contributed by atoms with van der Waals surface area (Å²) in [6, 6.07) is 8.66. The van der Waals surface area contributed by atoms with Crippen molar-refractivity contribution in [2.45, 2.75) is 59.0 Å². The molecule has 2 N–H and O–H groups in total. The molecule has 4 heteroatoms. The summed E-state index contributed by atoms with van der Waals surface area (Å²) in [5.74, 6) is 1.91. The van der Waals surface area contributed by atoms with Crippen molar-refractivity contribution in [2.24, 2.45) is 5.73 Å². The van der Waals surface area contributed by atoms with Crippen LogP contribution in [0, 0.1) is 6.92 Å². The number of benzene rings is 1. The third kappa shape index (κ3) is 3.32. The van der Waals surface area contributed by atoms with Gasteiger partial charge in [-0.25, -0.2) is 9.67 Å². The van der Waals surface area contributed by atoms with Crippen LogP contribution in [0.1, 0.15) is 56.0 Å². The largest absolute Gasteiger partial charge is 0.326 e. The van der Waals surface area contributed by atoms with E-state index in [2.05, 4.69) is 56.9 Å². The van der Waals surface area contributed by atoms with E-state index in [1.54, 1.807) is 0 Å². The van der Waals surface area contributed by atoms with Crippen molar-refractivity contribution < 1.29 is 0 Å². The fourth-order valence-electron chi connectivity index (χ4n) is 2.57. The Balaban J connectivity index is 2.49. The van der Waals surface area contributed by atoms with Crippen LogP contribution in [0.5, 0.6) is 0 Å². The smallest absolute Gasteiger partial charge is 0.150 e. The maximum Gasteiger partial charge on any atom is 0.150 e. The summed E-state index contributed by atoms with van der Waals surface area (Å²) in [4.78, 5) is 4.62. The highest BCUT2D eigenvalue weighted by molar-refractivity contribution is 5.26. The fraction of sp³-hybridized carbons (Fsp3) is 0.529. The maximum absolute atomic E-state index is 6.41. The van der Waals surface area contributed by atoms with Crippen molar-refractivity contribution in [1.82, 2.24) is 14.8 Å². The molecular weight excluding hydrogens is 260 g/mol. The summed E-state index contributed by atoms with van der Waals surface area (Å²) in [6.45, 7) is 8.42. The van der Waals surface area contributed by atoms with Crippen LogP contribution in [0.25, 0.3) is 0 Å². The standard InChI is InChI=1S/C17H26N4/c1-5-14(18)17(13-10-8-12(4)9-11-13)21-16(7-3)19-15(6-2)20-21/h8-11,14,17H,5-7,18H2,1-4H3. The van der Waals surface area contributed by atoms with Crippen molar-refractivity contribution in [2.75, 3.05) is 0 Å². The minimum absolute atomic E-state index is 0.0319. The molecule has 0 aliphatic carbocycles. The summed E-state index contributed by atoms with van der Waals surface area (Å²) in [7, 11) is 0. The molecule has 0 saturated heterocycles. The lowest BCUT2D eigenvalue weighted by atomic mass is 9.97. The number of hydrogen-bond donors (Lipinski definition) is 1. The van der Waals surface area contributed by atoms with Gasteiger partial charge < -0.3 is 5.73 Å². The summed E-state index contributed by atoms with van der Waals surface area (Å²) in [5.41, 5.74) is 8.87. The molecule has 0 amide bonds. The number of rotatable bonds is 6. The molecule has 114 valence electrons. The first kappa shape index (κ1) is 15.7. The normalized spacial score (nSPS) is 14.1. The summed E-state index contributed by atoms with van der Waals surface area (Å²) in [5, 5.41) is 4.69. The molecule has 21 heavy (non-hydrogen) atoms. The molecule has 1 aromatic carbocycles. The van der Waals surface area contributed by atoms with Gasteiger partial charge in [-0.1, -0.05) is 50.6 Å². The predicted octanol–water partition coefficient (Wildman–Crippen LogP) is 3.04. The van der Waals surface area contributed by atoms with Crippen LogP contribution >= 0.6 is 0 Å². The molecule has 4 nitrogen and oxygen atoms in total. The average molecular weight is 286 g/mol. The van der Waals surface area contributed by atoms with Crippen LogP contribution in [0.3, 0.4) is 0 Å². The van der Waals surface area contributed by atoms with Crippen molar-refractivity contribution in [1.29, 1.82) is 0 Å². The number of nitrogens with two attached hydrogens (primary N) is 1. The molecule has 0 fully saturated rings. The third-order valence-electron chi connectivity index (χ3n) is 3.94. The van der Waals surface area contributed by atoms with E-state index in [4.69, 9.17) is 10.8 Å². The van der Waals surface area contributed by atoms with Crippen LogP contribution in [0.4, 0.5) is 0 Å². The minimum atomic E-state index is 0.0319. The van der Waals surface area contributed by atoms with Crippen molar-refractivity contribution >= 4 is 0 Å². The molecule has 1 aromatic heterocycles. The zero-order chi connectivity index (χ0) is 15.4. The SMILES string of the molecule is CCc1nc(CC)n(C(c2ccc(C)cc2)C(N)CC)n1. The van der Waals surface area contributed by atoms with Crippen molar-refractivity contribution in [3.05, 3.63) is 47.0 Å². The third-order valence-corrected chi connectivity index (χ3v) is 3.94. The highest BCUT2D eigenvalue weighted by atomic mass is 15.4. The van der Waals surface area contributed by atoms with Crippen LogP contribution < -0.4 is 5.73 Å². The number of hydrogen-bond acceptors (Lipinski definition) is 3. The van der Waals surface area contributed by atoms with Gasteiger partial charge >= 0.3 is 0 Å². The van der Waals surface area contributed by atoms with Gasteiger partial charge in [0.25, 0.3) is 0 Å². The van der Waals surface area contributed by atoms with Gasteiger partial charge in [-0.3, -0.25) is 0 Å². The Kier molecular flexibility index (Phi) is 5.12. The molecular formula is C17H26N4. The summed E-state index contributed by atoms with van der Waals surface area (Å²) >= 11 is 0. The van der Waals surface area contributed by atoms with Crippen molar-refractivity contribution in [3.63, 3.8) is 0 Å². The molecule has 0 spiro atoms. The van der Waals surface area contributed by atoms with E-state index in [-0.39, 0.29) is 12.1 Å². The highest BCUT2D eigenvalue weighted by Gasteiger charge is 2.24. The van der Waals surface area contributed by atoms with E-state index in [1.807, 2.05) is 4.68 Å². The monoisotopic (exact) mass is 286 g/mol. The first-order valence-corrected chi connectivity index (χ1v) is 7.87. The first-order valence-electron chi connectivity index (χ1n) is 7.87. The van der Waals surface area contributed by atoms with Gasteiger partial charge in [0.15, 0.2) is 5.82 Å². The Morgan fingerprint density at radius 1 is 1.10 bits per heavy atom. The Morgan fingerprint density at radius 2 is 1.76 bits per heavy atom. The molecule has 2 rings (SSSR count). The Morgan fingerprint density at radius 3 is 2.29 bits per heavy atom. The number of aryl methyl sites for hydroxylation is 3. The lowest BCUT2D eigenvalue weighted by Crippen LogP contribution is -2.34. The Bertz CT molecular complexity index is 571. The van der Waals surface area contributed by atoms with Gasteiger partial charge in [-0.05, 0) is 18.9 Å². The van der Waals surface area contributed by atoms with Gasteiger partial charge in [0, 0.05) is 18.9 Å². The van der Waals surface area contributed by atoms with Gasteiger partial charge in [-0.15, -0.1) is 0 Å². The second-order valence-electron chi connectivity index (χ2n) is 5.52. The Labute approximate surface area is 127 Å². The molecule has 0 aliphatic heterocycles. The van der Waals surface area contributed by atoms with E-state index < -0.39 is 0 Å². The molecule has 0 radical (unpaired) electrons. The van der Waals surface area contributed by atoms with Crippen molar-refractivity contribution in [3.8, 4) is 0 Å². The molecule has 2 unspecified atom stereocenters. The first-order chi connectivity index (χ1) is 10.1. The lowest BCUT2D eigenvalue weighted by molar-refractivity contribution is 0.410. The van der Waals surface area contributed by atoms with E-state index >= 15 is 0 Å². The topological polar surface area (TPSA) is 56.7 Å². The molecule has 2 aromatic rings. The summed E-state index contributed by atoms with van der Waals surface area (Å²) in [6.07, 6.45) is 2.62. The minimum Gasteiger partial charge on any atom is -0.326 e. The van der Waals surface area contributed by atoms with E-state index in [0.717, 1.165) is 30.9 Å². The quantitative estimate of drug-likeness (QED) is 0.888. The number of nitrogens with zero attached hydrogens (tertiary/aromatic N) is 3. The zero-order valence-corrected chi connectivity index (χ0v) is 13.5. The average Bonchev–Trinajstić information content (AvgIpc) is 2.92. The van der Waals surface area contributed by atoms with Gasteiger partial charge in [0.05, 0.1) is 6.04 Å². The lowest BCUT2D eigenvalue weighted by Gasteiger charge is -2.25. The predicted molar refractivity (Wildman–Crippen MR) is 86.4 cm³/mol. The molecule has 0 bridgehead atoms. The molecule has 0 saturated carbocycles. The van der Waals surface area contributed by atoms with E-state index in [9.17, 15) is 0 Å². The second-order valence-corrected chi connectivity index (χ2v) is 5.52. The van der Waals surface area contributed by atoms with Gasteiger partial charge in [0.1, 0.15) is 5.82 Å². The van der Waals surface area contributed by atoms with Crippen LogP contribution in [-0.4, -0.2) is 20.8 Å². The second kappa shape index (κ2) is 6.85. The number of aromatic nitrogens is 3. The van der Waals surface area contributed by atoms with E-state index in [0.29, 0.717) is 0 Å². The fourth-order valence-corrected chi connectivity index (χ4v) is 2.57. The van der Waals surface area contributed by atoms with Crippen LogP contribution in [-0.2, 0) is 12.8 Å². The zero-order valence-electron chi connectivity index (χ0n) is 13.5. The molecule has 2 atom stereocenters. The van der Waals surface area contributed by atoms with Crippen LogP contribution in [0.2, 0.25) is 0 Å². The van der Waals surface area contributed by atoms with Gasteiger partial charge in [0.2, 0.25) is 0 Å². The maximum atomic E-state index is 6.41. The van der Waals surface area contributed by atoms with Gasteiger partial charge in [-0.2, -0.15) is 5.10 Å². The molecule has 0 aliphatic rings. The van der Waals surface area contributed by atoms with E-state index in [1.165, 1.54) is 11.1 Å².